The lowest BCUT2D eigenvalue weighted by Crippen LogP contribution is -2.36. The van der Waals surface area contributed by atoms with Crippen molar-refractivity contribution in [2.24, 2.45) is 0 Å². The molecule has 4 aromatic rings. The van der Waals surface area contributed by atoms with E-state index in [1.165, 1.54) is 17.8 Å². The number of nitrogens with zero attached hydrogens (tertiary/aromatic N) is 4. The number of rotatable bonds is 5. The molecule has 0 aliphatic carbocycles. The Morgan fingerprint density at radius 3 is 2.29 bits per heavy atom. The van der Waals surface area contributed by atoms with E-state index in [1.807, 2.05) is 36.5 Å². The predicted molar refractivity (Wildman–Crippen MR) is 153 cm³/mol. The van der Waals surface area contributed by atoms with E-state index in [2.05, 4.69) is 68.8 Å². The van der Waals surface area contributed by atoms with Gasteiger partial charge >= 0.3 is 0 Å². The Morgan fingerprint density at radius 1 is 0.921 bits per heavy atom. The summed E-state index contributed by atoms with van der Waals surface area (Å²) < 4.78 is 21.4. The lowest BCUT2D eigenvalue weighted by molar-refractivity contribution is 0.122. The smallest absolute Gasteiger partial charge is 0.174 e. The van der Waals surface area contributed by atoms with Gasteiger partial charge in [-0.05, 0) is 98.4 Å². The van der Waals surface area contributed by atoms with Gasteiger partial charge < -0.3 is 24.4 Å². The van der Waals surface area contributed by atoms with Gasteiger partial charge in [0.2, 0.25) is 0 Å². The number of benzene rings is 2. The molecular weight excluding hydrogens is 497 g/mol. The number of aryl methyl sites for hydroxylation is 1. The molecule has 4 heterocycles. The summed E-state index contributed by atoms with van der Waals surface area (Å²) in [6.45, 7) is 7.48. The number of hydrogen-bond acceptors (Lipinski definition) is 4. The Kier molecular flexibility index (Phi) is 6.59. The minimum atomic E-state index is -0.247. The fourth-order valence-corrected chi connectivity index (χ4v) is 6.02. The van der Waals surface area contributed by atoms with Gasteiger partial charge in [-0.2, -0.15) is 0 Å². The highest BCUT2D eigenvalue weighted by molar-refractivity contribution is 7.80. The first-order valence-corrected chi connectivity index (χ1v) is 13.3. The highest BCUT2D eigenvalue weighted by Crippen LogP contribution is 2.44. The Bertz CT molecular complexity index is 1430. The molecule has 2 atom stereocenters. The molecule has 2 aromatic carbocycles. The van der Waals surface area contributed by atoms with Crippen LogP contribution in [-0.4, -0.2) is 41.0 Å². The molecule has 6 nitrogen and oxygen atoms in total. The molecule has 2 aromatic heterocycles. The Labute approximate surface area is 227 Å². The maximum Gasteiger partial charge on any atom is 0.174 e. The SMILES string of the molecule is Cc1cc([C@H]2[C@H](c3ccccn3)NC(=S)N2c2ccc(N3CCOCC3)cc2)c(C)n1-c1ccc(F)cc1. The van der Waals surface area contributed by atoms with Gasteiger partial charge in [-0.1, -0.05) is 6.07 Å². The first-order valence-electron chi connectivity index (χ1n) is 12.9. The zero-order chi connectivity index (χ0) is 26.2. The second kappa shape index (κ2) is 10.2. The lowest BCUT2D eigenvalue weighted by Gasteiger charge is -2.31. The Morgan fingerprint density at radius 2 is 1.61 bits per heavy atom. The Hall–Kier alpha value is -3.75. The number of anilines is 2. The summed E-state index contributed by atoms with van der Waals surface area (Å²) >= 11 is 5.94. The summed E-state index contributed by atoms with van der Waals surface area (Å²) in [4.78, 5) is 9.23. The molecule has 0 unspecified atom stereocenters. The zero-order valence-corrected chi connectivity index (χ0v) is 22.3. The van der Waals surface area contributed by atoms with E-state index in [4.69, 9.17) is 17.0 Å². The number of pyridine rings is 1. The average molecular weight is 528 g/mol. The normalized spacial score (nSPS) is 19.6. The molecule has 0 spiro atoms. The van der Waals surface area contributed by atoms with Gasteiger partial charge in [-0.15, -0.1) is 0 Å². The number of hydrogen-bond donors (Lipinski definition) is 1. The van der Waals surface area contributed by atoms with Crippen molar-refractivity contribution in [3.8, 4) is 5.69 Å². The van der Waals surface area contributed by atoms with Crippen LogP contribution < -0.4 is 15.1 Å². The van der Waals surface area contributed by atoms with Crippen molar-refractivity contribution >= 4 is 28.7 Å². The van der Waals surface area contributed by atoms with E-state index >= 15 is 0 Å². The number of halogens is 1. The summed E-state index contributed by atoms with van der Waals surface area (Å²) in [6.07, 6.45) is 1.82. The van der Waals surface area contributed by atoms with Crippen LogP contribution in [0, 0.1) is 19.7 Å². The standard InChI is InChI=1S/C30H30FN5OS/c1-20-19-26(21(2)35(20)24-8-6-22(31)7-9-24)29-28(27-5-3-4-14-32-27)33-30(38)36(29)25-12-10-23(11-13-25)34-15-17-37-18-16-34/h3-14,19,28-29H,15-18H2,1-2H3,(H,33,38)/t28-,29-/m0/s1. The molecule has 6 rings (SSSR count). The van der Waals surface area contributed by atoms with E-state index in [0.29, 0.717) is 5.11 Å². The van der Waals surface area contributed by atoms with Gasteiger partial charge in [0.25, 0.3) is 0 Å². The van der Waals surface area contributed by atoms with Gasteiger partial charge in [-0.3, -0.25) is 4.98 Å². The summed E-state index contributed by atoms with van der Waals surface area (Å²) in [7, 11) is 0. The molecule has 2 fully saturated rings. The van der Waals surface area contributed by atoms with Crippen LogP contribution in [0.5, 0.6) is 0 Å². The van der Waals surface area contributed by atoms with Crippen molar-refractivity contribution in [1.82, 2.24) is 14.9 Å². The maximum atomic E-state index is 13.7. The second-order valence-corrected chi connectivity index (χ2v) is 10.1. The van der Waals surface area contributed by atoms with E-state index in [-0.39, 0.29) is 17.9 Å². The van der Waals surface area contributed by atoms with Gasteiger partial charge in [0.15, 0.2) is 5.11 Å². The molecule has 194 valence electrons. The first-order chi connectivity index (χ1) is 18.5. The van der Waals surface area contributed by atoms with Crippen LogP contribution in [0.3, 0.4) is 0 Å². The van der Waals surface area contributed by atoms with Crippen molar-refractivity contribution in [3.05, 3.63) is 107 Å². The molecule has 0 radical (unpaired) electrons. The summed E-state index contributed by atoms with van der Waals surface area (Å²) in [5.74, 6) is -0.247. The second-order valence-electron chi connectivity index (χ2n) is 9.75. The van der Waals surface area contributed by atoms with E-state index in [0.717, 1.165) is 60.3 Å². The van der Waals surface area contributed by atoms with Gasteiger partial charge in [0.1, 0.15) is 5.82 Å². The molecule has 2 aliphatic rings. The minimum Gasteiger partial charge on any atom is -0.378 e. The molecule has 8 heteroatoms. The highest BCUT2D eigenvalue weighted by atomic mass is 32.1. The van der Waals surface area contributed by atoms with Crippen LogP contribution in [0.4, 0.5) is 15.8 Å². The third kappa shape index (κ3) is 4.44. The van der Waals surface area contributed by atoms with Crippen LogP contribution in [0.25, 0.3) is 5.69 Å². The maximum absolute atomic E-state index is 13.7. The number of nitrogens with one attached hydrogen (secondary N) is 1. The first kappa shape index (κ1) is 24.6. The molecule has 0 amide bonds. The van der Waals surface area contributed by atoms with Crippen LogP contribution >= 0.6 is 12.2 Å². The van der Waals surface area contributed by atoms with Crippen molar-refractivity contribution < 1.29 is 9.13 Å². The average Bonchev–Trinajstić information content (AvgIpc) is 3.45. The molecule has 2 saturated heterocycles. The van der Waals surface area contributed by atoms with Crippen molar-refractivity contribution in [1.29, 1.82) is 0 Å². The minimum absolute atomic E-state index is 0.118. The van der Waals surface area contributed by atoms with Crippen molar-refractivity contribution in [2.45, 2.75) is 25.9 Å². The van der Waals surface area contributed by atoms with E-state index in [1.54, 1.807) is 0 Å². The van der Waals surface area contributed by atoms with Gasteiger partial charge in [-0.25, -0.2) is 4.39 Å². The number of aromatic nitrogens is 2. The summed E-state index contributed by atoms with van der Waals surface area (Å²) in [6, 6.07) is 23.2. The third-order valence-corrected chi connectivity index (χ3v) is 7.79. The lowest BCUT2D eigenvalue weighted by atomic mass is 9.96. The quantitative estimate of drug-likeness (QED) is 0.339. The third-order valence-electron chi connectivity index (χ3n) is 7.48. The number of ether oxygens (including phenoxy) is 1. The van der Waals surface area contributed by atoms with Crippen molar-refractivity contribution in [3.63, 3.8) is 0 Å². The summed E-state index contributed by atoms with van der Waals surface area (Å²) in [5.41, 5.74) is 7.37. The molecule has 1 N–H and O–H groups in total. The molecule has 2 aliphatic heterocycles. The number of morpholine rings is 1. The van der Waals surface area contributed by atoms with E-state index < -0.39 is 0 Å². The molecule has 38 heavy (non-hydrogen) atoms. The monoisotopic (exact) mass is 527 g/mol. The van der Waals surface area contributed by atoms with Gasteiger partial charge in [0.05, 0.1) is 31.0 Å². The Balaban J connectivity index is 1.43. The largest absolute Gasteiger partial charge is 0.378 e. The molecule has 0 bridgehead atoms. The fraction of sp³-hybridized carbons (Fsp3) is 0.267. The topological polar surface area (TPSA) is 45.6 Å². The molecule has 0 saturated carbocycles. The van der Waals surface area contributed by atoms with Crippen LogP contribution in [0.2, 0.25) is 0 Å². The predicted octanol–water partition coefficient (Wildman–Crippen LogP) is 5.64. The molecular formula is C30H30FN5OS. The van der Waals surface area contributed by atoms with E-state index in [9.17, 15) is 4.39 Å². The van der Waals surface area contributed by atoms with Crippen LogP contribution in [0.1, 0.15) is 34.7 Å². The van der Waals surface area contributed by atoms with Crippen molar-refractivity contribution in [2.75, 3.05) is 36.1 Å². The van der Waals surface area contributed by atoms with Crippen LogP contribution in [-0.2, 0) is 4.74 Å². The van der Waals surface area contributed by atoms with Crippen LogP contribution in [0.15, 0.2) is 79.0 Å². The van der Waals surface area contributed by atoms with Gasteiger partial charge in [0, 0.05) is 47.7 Å². The summed E-state index contributed by atoms with van der Waals surface area (Å²) in [5, 5.41) is 4.22. The fourth-order valence-electron chi connectivity index (χ4n) is 5.67. The highest BCUT2D eigenvalue weighted by Gasteiger charge is 2.42. The zero-order valence-electron chi connectivity index (χ0n) is 21.5. The number of thiocarbonyl (C=S) groups is 1.